The van der Waals surface area contributed by atoms with E-state index in [1.165, 1.54) is 57.8 Å². The molecule has 0 unspecified atom stereocenters. The minimum Gasteiger partial charge on any atom is -0.346 e. The lowest BCUT2D eigenvalue weighted by Crippen LogP contribution is -2.28. The van der Waals surface area contributed by atoms with Crippen LogP contribution < -0.4 is 0 Å². The molecule has 0 radical (unpaired) electrons. The van der Waals surface area contributed by atoms with Crippen molar-refractivity contribution in [3.63, 3.8) is 0 Å². The average molecular weight is 418 g/mol. The molecule has 0 saturated heterocycles. The van der Waals surface area contributed by atoms with Crippen molar-refractivity contribution in [3.8, 4) is 0 Å². The smallest absolute Gasteiger partial charge is 0.264 e. The van der Waals surface area contributed by atoms with E-state index in [4.69, 9.17) is 4.55 Å². The molecule has 0 aliphatic carbocycles. The van der Waals surface area contributed by atoms with Crippen molar-refractivity contribution < 1.29 is 17.8 Å². The Morgan fingerprint density at radius 2 is 1.32 bits per heavy atom. The second kappa shape index (κ2) is 18.2. The molecule has 0 aromatic carbocycles. The largest absolute Gasteiger partial charge is 0.346 e. The Kier molecular flexibility index (Phi) is 17.6. The zero-order valence-corrected chi connectivity index (χ0v) is 19.0. The van der Waals surface area contributed by atoms with Crippen LogP contribution in [0.4, 0.5) is 0 Å². The van der Waals surface area contributed by atoms with Crippen molar-refractivity contribution >= 4 is 16.0 Å². The summed E-state index contributed by atoms with van der Waals surface area (Å²) >= 11 is 0. The summed E-state index contributed by atoms with van der Waals surface area (Å²) in [5.74, 6) is -0.245. The lowest BCUT2D eigenvalue weighted by molar-refractivity contribution is -0.130. The van der Waals surface area contributed by atoms with E-state index >= 15 is 0 Å². The molecular weight excluding hydrogens is 374 g/mol. The monoisotopic (exact) mass is 417 g/mol. The fraction of sp³-hybridized carbons (Fsp3) is 0.864. The minimum atomic E-state index is -3.93. The van der Waals surface area contributed by atoms with Crippen molar-refractivity contribution in [2.75, 3.05) is 19.3 Å². The first-order valence-electron chi connectivity index (χ1n) is 11.2. The summed E-state index contributed by atoms with van der Waals surface area (Å²) in [7, 11) is -2.25. The minimum absolute atomic E-state index is 0.0490. The van der Waals surface area contributed by atoms with Gasteiger partial charge in [-0.1, -0.05) is 70.4 Å². The first kappa shape index (κ1) is 27.1. The van der Waals surface area contributed by atoms with E-state index in [0.717, 1.165) is 25.7 Å². The highest BCUT2D eigenvalue weighted by Gasteiger charge is 2.10. The lowest BCUT2D eigenvalue weighted by atomic mass is 10.1. The molecule has 0 aromatic rings. The number of hydrogen-bond acceptors (Lipinski definition) is 3. The van der Waals surface area contributed by atoms with Crippen LogP contribution in [0.5, 0.6) is 0 Å². The van der Waals surface area contributed by atoms with Crippen LogP contribution in [0.2, 0.25) is 0 Å². The SMILES string of the molecule is CCCCCCCC/C=C/CCCCCCCC(=O)N(C)CCCS(=O)(=O)O. The molecule has 0 aromatic heterocycles. The Balaban J connectivity index is 3.42. The van der Waals surface area contributed by atoms with E-state index in [1.807, 2.05) is 0 Å². The maximum atomic E-state index is 11.9. The molecule has 0 fully saturated rings. The Morgan fingerprint density at radius 3 is 1.86 bits per heavy atom. The number of rotatable bonds is 19. The molecule has 0 heterocycles. The van der Waals surface area contributed by atoms with Crippen molar-refractivity contribution in [1.82, 2.24) is 4.90 Å². The third kappa shape index (κ3) is 19.9. The number of nitrogens with zero attached hydrogens (tertiary/aromatic N) is 1. The highest BCUT2D eigenvalue weighted by molar-refractivity contribution is 7.85. The predicted molar refractivity (Wildman–Crippen MR) is 118 cm³/mol. The van der Waals surface area contributed by atoms with Crippen LogP contribution in [-0.2, 0) is 14.9 Å². The molecule has 28 heavy (non-hydrogen) atoms. The third-order valence-electron chi connectivity index (χ3n) is 4.97. The number of hydrogen-bond donors (Lipinski definition) is 1. The molecule has 0 spiro atoms. The molecule has 0 aliphatic rings. The van der Waals surface area contributed by atoms with Gasteiger partial charge in [0.2, 0.25) is 5.91 Å². The first-order valence-corrected chi connectivity index (χ1v) is 12.8. The Morgan fingerprint density at radius 1 is 0.821 bits per heavy atom. The van der Waals surface area contributed by atoms with Crippen LogP contribution in [0.25, 0.3) is 0 Å². The fourth-order valence-corrected chi connectivity index (χ4v) is 3.64. The third-order valence-corrected chi connectivity index (χ3v) is 5.78. The van der Waals surface area contributed by atoms with Crippen molar-refractivity contribution in [2.45, 2.75) is 103 Å². The lowest BCUT2D eigenvalue weighted by Gasteiger charge is -2.16. The van der Waals surface area contributed by atoms with E-state index in [0.29, 0.717) is 13.0 Å². The van der Waals surface area contributed by atoms with Gasteiger partial charge in [-0.2, -0.15) is 8.42 Å². The van der Waals surface area contributed by atoms with Crippen molar-refractivity contribution in [3.05, 3.63) is 12.2 Å². The molecule has 0 aliphatic heterocycles. The van der Waals surface area contributed by atoms with Gasteiger partial charge in [0.1, 0.15) is 0 Å². The molecular formula is C22H43NO4S. The van der Waals surface area contributed by atoms with Crippen molar-refractivity contribution in [2.24, 2.45) is 0 Å². The highest BCUT2D eigenvalue weighted by atomic mass is 32.2. The standard InChI is InChI=1S/C22H43NO4S/c1-3-4-5-6-7-8-9-10-11-12-13-14-15-16-17-19-22(24)23(2)20-18-21-28(25,26)27/h10-11H,3-9,12-21H2,1-2H3,(H,25,26,27)/b11-10+. The van der Waals surface area contributed by atoms with Crippen molar-refractivity contribution in [1.29, 1.82) is 0 Å². The zero-order valence-electron chi connectivity index (χ0n) is 18.2. The number of allylic oxidation sites excluding steroid dienone is 2. The number of carbonyl (C=O) groups excluding carboxylic acids is 1. The molecule has 1 amide bonds. The van der Waals surface area contributed by atoms with Gasteiger partial charge in [0.05, 0.1) is 5.75 Å². The van der Waals surface area contributed by atoms with Crippen LogP contribution in [-0.4, -0.2) is 43.1 Å². The molecule has 1 N–H and O–H groups in total. The summed E-state index contributed by atoms with van der Waals surface area (Å²) in [5.41, 5.74) is 0. The highest BCUT2D eigenvalue weighted by Crippen LogP contribution is 2.10. The summed E-state index contributed by atoms with van der Waals surface area (Å²) in [6.07, 6.45) is 21.5. The summed E-state index contributed by atoms with van der Waals surface area (Å²) in [6, 6.07) is 0. The van der Waals surface area contributed by atoms with Gasteiger partial charge >= 0.3 is 0 Å². The Bertz CT molecular complexity index is 503. The van der Waals surface area contributed by atoms with Crippen LogP contribution >= 0.6 is 0 Å². The fourth-order valence-electron chi connectivity index (χ4n) is 3.15. The maximum absolute atomic E-state index is 11.9. The molecule has 0 saturated carbocycles. The van der Waals surface area contributed by atoms with Crippen LogP contribution in [0, 0.1) is 0 Å². The molecule has 0 rings (SSSR count). The van der Waals surface area contributed by atoms with Crippen LogP contribution in [0.1, 0.15) is 103 Å². The van der Waals surface area contributed by atoms with Gasteiger partial charge in [-0.25, -0.2) is 0 Å². The molecule has 6 heteroatoms. The second-order valence-corrected chi connectivity index (χ2v) is 9.36. The molecule has 0 atom stereocenters. The quantitative estimate of drug-likeness (QED) is 0.165. The van der Waals surface area contributed by atoms with E-state index in [2.05, 4.69) is 19.1 Å². The topological polar surface area (TPSA) is 74.7 Å². The molecule has 166 valence electrons. The van der Waals surface area contributed by atoms with E-state index in [-0.39, 0.29) is 18.1 Å². The van der Waals surface area contributed by atoms with Gasteiger partial charge in [0.25, 0.3) is 10.1 Å². The zero-order chi connectivity index (χ0) is 21.1. The van der Waals surface area contributed by atoms with Gasteiger partial charge in [-0.05, 0) is 38.5 Å². The van der Waals surface area contributed by atoms with E-state index in [1.54, 1.807) is 11.9 Å². The summed E-state index contributed by atoms with van der Waals surface area (Å²) < 4.78 is 30.0. The predicted octanol–water partition coefficient (Wildman–Crippen LogP) is 5.76. The molecule has 5 nitrogen and oxygen atoms in total. The average Bonchev–Trinajstić information content (AvgIpc) is 2.63. The Hall–Kier alpha value is -0.880. The van der Waals surface area contributed by atoms with E-state index < -0.39 is 10.1 Å². The summed E-state index contributed by atoms with van der Waals surface area (Å²) in [5, 5.41) is 0. The van der Waals surface area contributed by atoms with Crippen LogP contribution in [0.3, 0.4) is 0 Å². The number of unbranched alkanes of at least 4 members (excludes halogenated alkanes) is 11. The van der Waals surface area contributed by atoms with Crippen LogP contribution in [0.15, 0.2) is 12.2 Å². The van der Waals surface area contributed by atoms with Gasteiger partial charge < -0.3 is 4.90 Å². The van der Waals surface area contributed by atoms with Gasteiger partial charge in [-0.15, -0.1) is 0 Å². The van der Waals surface area contributed by atoms with E-state index in [9.17, 15) is 13.2 Å². The number of carbonyl (C=O) groups is 1. The molecule has 0 bridgehead atoms. The van der Waals surface area contributed by atoms with Gasteiger partial charge in [0.15, 0.2) is 0 Å². The Labute approximate surface area is 173 Å². The normalized spacial score (nSPS) is 12.0. The maximum Gasteiger partial charge on any atom is 0.264 e. The number of amides is 1. The summed E-state index contributed by atoms with van der Waals surface area (Å²) in [4.78, 5) is 13.5. The van der Waals surface area contributed by atoms with Gasteiger partial charge in [-0.3, -0.25) is 9.35 Å². The first-order chi connectivity index (χ1) is 13.4. The van der Waals surface area contributed by atoms with Gasteiger partial charge in [0, 0.05) is 20.0 Å². The summed E-state index contributed by atoms with van der Waals surface area (Å²) in [6.45, 7) is 2.62. The second-order valence-electron chi connectivity index (χ2n) is 7.79.